The highest BCUT2D eigenvalue weighted by molar-refractivity contribution is 5.26. The first-order valence-corrected chi connectivity index (χ1v) is 9.61. The second kappa shape index (κ2) is 7.05. The lowest BCUT2D eigenvalue weighted by atomic mass is 9.80. The average Bonchev–Trinajstić information content (AvgIpc) is 2.87. The van der Waals surface area contributed by atoms with Gasteiger partial charge in [0.1, 0.15) is 11.6 Å². The number of aryl methyl sites for hydroxylation is 1. The molecule has 26 heavy (non-hydrogen) atoms. The van der Waals surface area contributed by atoms with Gasteiger partial charge in [-0.25, -0.2) is 14.4 Å². The quantitative estimate of drug-likeness (QED) is 0.891. The normalized spacial score (nSPS) is 28.4. The molecule has 1 N–H and O–H groups in total. The summed E-state index contributed by atoms with van der Waals surface area (Å²) < 4.78 is 13.6. The highest BCUT2D eigenvalue weighted by Crippen LogP contribution is 2.46. The summed E-state index contributed by atoms with van der Waals surface area (Å²) in [5.41, 5.74) is 0.908. The maximum absolute atomic E-state index is 13.6. The Labute approximate surface area is 154 Å². The number of benzene rings is 1. The lowest BCUT2D eigenvalue weighted by Crippen LogP contribution is -2.49. The van der Waals surface area contributed by atoms with E-state index in [9.17, 15) is 9.50 Å². The van der Waals surface area contributed by atoms with Crippen molar-refractivity contribution in [2.24, 2.45) is 0 Å². The maximum Gasteiger partial charge on any atom is 0.128 e. The number of aliphatic hydroxyl groups is 1. The predicted molar refractivity (Wildman–Crippen MR) is 97.9 cm³/mol. The smallest absolute Gasteiger partial charge is 0.128 e. The molecule has 0 saturated carbocycles. The van der Waals surface area contributed by atoms with Gasteiger partial charge < -0.3 is 5.11 Å². The van der Waals surface area contributed by atoms with E-state index in [1.165, 1.54) is 12.1 Å². The first-order valence-electron chi connectivity index (χ1n) is 9.61. The SMILES string of the molecule is CCCc1ncc(CN2[C@@H]3CC[C@@H]2CC(O)(c2cccc(F)c2)C3)cn1. The van der Waals surface area contributed by atoms with Gasteiger partial charge in [-0.15, -0.1) is 0 Å². The summed E-state index contributed by atoms with van der Waals surface area (Å²) in [6, 6.07) is 7.08. The predicted octanol–water partition coefficient (Wildman–Crippen LogP) is 3.58. The van der Waals surface area contributed by atoms with Crippen molar-refractivity contribution in [3.8, 4) is 0 Å². The maximum atomic E-state index is 13.6. The summed E-state index contributed by atoms with van der Waals surface area (Å²) in [5.74, 6) is 0.619. The molecule has 138 valence electrons. The third-order valence-corrected chi connectivity index (χ3v) is 5.88. The van der Waals surface area contributed by atoms with Crippen LogP contribution in [-0.2, 0) is 18.6 Å². The summed E-state index contributed by atoms with van der Waals surface area (Å²) in [7, 11) is 0. The van der Waals surface area contributed by atoms with Gasteiger partial charge >= 0.3 is 0 Å². The molecule has 2 aliphatic heterocycles. The van der Waals surface area contributed by atoms with Crippen LogP contribution >= 0.6 is 0 Å². The number of hydrogen-bond acceptors (Lipinski definition) is 4. The Morgan fingerprint density at radius 3 is 2.50 bits per heavy atom. The van der Waals surface area contributed by atoms with Crippen LogP contribution < -0.4 is 0 Å². The van der Waals surface area contributed by atoms with Crippen LogP contribution in [0.15, 0.2) is 36.7 Å². The molecular formula is C21H26FN3O. The summed E-state index contributed by atoms with van der Waals surface area (Å²) in [6.45, 7) is 2.95. The van der Waals surface area contributed by atoms with Gasteiger partial charge in [-0.2, -0.15) is 0 Å². The van der Waals surface area contributed by atoms with Crippen LogP contribution in [0, 0.1) is 5.82 Å². The van der Waals surface area contributed by atoms with Crippen molar-refractivity contribution in [2.45, 2.75) is 69.7 Å². The van der Waals surface area contributed by atoms with E-state index >= 15 is 0 Å². The number of halogens is 1. The minimum Gasteiger partial charge on any atom is -0.385 e. The average molecular weight is 355 g/mol. The van der Waals surface area contributed by atoms with E-state index in [4.69, 9.17) is 0 Å². The van der Waals surface area contributed by atoms with Gasteiger partial charge in [-0.05, 0) is 49.8 Å². The first-order chi connectivity index (χ1) is 12.6. The number of aromatic nitrogens is 2. The Balaban J connectivity index is 1.48. The third-order valence-electron chi connectivity index (χ3n) is 5.88. The van der Waals surface area contributed by atoms with Crippen LogP contribution in [0.25, 0.3) is 0 Å². The Morgan fingerprint density at radius 2 is 1.88 bits per heavy atom. The largest absolute Gasteiger partial charge is 0.385 e. The zero-order chi connectivity index (χ0) is 18.1. The molecule has 2 bridgehead atoms. The van der Waals surface area contributed by atoms with Crippen LogP contribution in [0.4, 0.5) is 4.39 Å². The van der Waals surface area contributed by atoms with E-state index in [0.717, 1.165) is 43.6 Å². The van der Waals surface area contributed by atoms with E-state index in [-0.39, 0.29) is 5.82 Å². The molecule has 0 amide bonds. The van der Waals surface area contributed by atoms with Crippen LogP contribution in [0.5, 0.6) is 0 Å². The molecule has 2 saturated heterocycles. The van der Waals surface area contributed by atoms with Gasteiger partial charge in [-0.3, -0.25) is 4.90 Å². The summed E-state index contributed by atoms with van der Waals surface area (Å²) in [5, 5.41) is 11.2. The lowest BCUT2D eigenvalue weighted by Gasteiger charge is -2.44. The molecule has 2 fully saturated rings. The second-order valence-corrected chi connectivity index (χ2v) is 7.77. The van der Waals surface area contributed by atoms with Crippen LogP contribution in [-0.4, -0.2) is 32.1 Å². The third kappa shape index (κ3) is 3.38. The molecule has 2 aromatic rings. The van der Waals surface area contributed by atoms with Gasteiger partial charge in [0.25, 0.3) is 0 Å². The van der Waals surface area contributed by atoms with E-state index < -0.39 is 5.60 Å². The molecule has 4 nitrogen and oxygen atoms in total. The molecule has 5 heteroatoms. The van der Waals surface area contributed by atoms with Crippen molar-refractivity contribution < 1.29 is 9.50 Å². The van der Waals surface area contributed by atoms with E-state index in [1.807, 2.05) is 18.5 Å². The van der Waals surface area contributed by atoms with Crippen molar-refractivity contribution in [1.29, 1.82) is 0 Å². The molecular weight excluding hydrogens is 329 g/mol. The molecule has 3 heterocycles. The van der Waals surface area contributed by atoms with Gasteiger partial charge in [0.2, 0.25) is 0 Å². The van der Waals surface area contributed by atoms with Gasteiger partial charge in [0.15, 0.2) is 0 Å². The standard InChI is InChI=1S/C21H26FN3O/c1-2-4-20-23-12-15(13-24-20)14-25-18-7-8-19(25)11-21(26,10-18)16-5-3-6-17(22)9-16/h3,5-6,9,12-13,18-19,26H,2,4,7-8,10-11,14H2,1H3/t18-,19-/m1/s1. The van der Waals surface area contributed by atoms with Crippen LogP contribution in [0.1, 0.15) is 56.0 Å². The Hall–Kier alpha value is -1.85. The number of rotatable bonds is 5. The lowest BCUT2D eigenvalue weighted by molar-refractivity contribution is -0.0597. The zero-order valence-corrected chi connectivity index (χ0v) is 15.2. The highest BCUT2D eigenvalue weighted by Gasteiger charge is 2.48. The molecule has 4 rings (SSSR count). The van der Waals surface area contributed by atoms with E-state index in [1.54, 1.807) is 6.07 Å². The topological polar surface area (TPSA) is 49.2 Å². The minimum atomic E-state index is -0.925. The van der Waals surface area contributed by atoms with Crippen LogP contribution in [0.3, 0.4) is 0 Å². The monoisotopic (exact) mass is 355 g/mol. The molecule has 2 aliphatic rings. The Morgan fingerprint density at radius 1 is 1.19 bits per heavy atom. The van der Waals surface area contributed by atoms with Gasteiger partial charge in [0.05, 0.1) is 5.60 Å². The molecule has 0 aliphatic carbocycles. The molecule has 0 radical (unpaired) electrons. The second-order valence-electron chi connectivity index (χ2n) is 7.77. The fourth-order valence-corrected chi connectivity index (χ4v) is 4.61. The van der Waals surface area contributed by atoms with Crippen molar-refractivity contribution in [1.82, 2.24) is 14.9 Å². The molecule has 1 aromatic heterocycles. The highest BCUT2D eigenvalue weighted by atomic mass is 19.1. The molecule has 0 unspecified atom stereocenters. The number of fused-ring (bicyclic) bond motifs is 2. The number of hydrogen-bond donors (Lipinski definition) is 1. The molecule has 1 aromatic carbocycles. The fourth-order valence-electron chi connectivity index (χ4n) is 4.61. The van der Waals surface area contributed by atoms with E-state index in [2.05, 4.69) is 21.8 Å². The van der Waals surface area contributed by atoms with Crippen molar-refractivity contribution in [3.63, 3.8) is 0 Å². The Kier molecular flexibility index (Phi) is 4.76. The summed E-state index contributed by atoms with van der Waals surface area (Å²) in [6.07, 6.45) is 9.30. The summed E-state index contributed by atoms with van der Waals surface area (Å²) >= 11 is 0. The van der Waals surface area contributed by atoms with Gasteiger partial charge in [-0.1, -0.05) is 19.1 Å². The van der Waals surface area contributed by atoms with Crippen molar-refractivity contribution >= 4 is 0 Å². The van der Waals surface area contributed by atoms with E-state index in [0.29, 0.717) is 30.5 Å². The van der Waals surface area contributed by atoms with Crippen molar-refractivity contribution in [3.05, 3.63) is 59.4 Å². The van der Waals surface area contributed by atoms with Crippen LogP contribution in [0.2, 0.25) is 0 Å². The Bertz CT molecular complexity index is 750. The molecule has 0 spiro atoms. The minimum absolute atomic E-state index is 0.282. The number of piperidine rings is 1. The number of nitrogens with zero attached hydrogens (tertiary/aromatic N) is 3. The summed E-state index contributed by atoms with van der Waals surface area (Å²) in [4.78, 5) is 11.4. The molecule has 2 atom stereocenters. The zero-order valence-electron chi connectivity index (χ0n) is 15.2. The van der Waals surface area contributed by atoms with Crippen molar-refractivity contribution in [2.75, 3.05) is 0 Å². The van der Waals surface area contributed by atoms with Gasteiger partial charge in [0, 0.05) is 43.0 Å². The fraction of sp³-hybridized carbons (Fsp3) is 0.524. The first kappa shape index (κ1) is 17.6.